The SMILES string of the molecule is CCc1c(C)[nH]c2c(OC)cccc12. The first-order valence-electron chi connectivity index (χ1n) is 4.92. The molecule has 1 N–H and O–H groups in total. The second-order valence-electron chi connectivity index (χ2n) is 3.46. The van der Waals surface area contributed by atoms with E-state index in [0.717, 1.165) is 17.7 Å². The summed E-state index contributed by atoms with van der Waals surface area (Å²) in [5.41, 5.74) is 3.75. The summed E-state index contributed by atoms with van der Waals surface area (Å²) in [4.78, 5) is 3.37. The number of nitrogens with one attached hydrogen (secondary N) is 1. The Labute approximate surface area is 83.9 Å². The highest BCUT2D eigenvalue weighted by molar-refractivity contribution is 5.89. The predicted octanol–water partition coefficient (Wildman–Crippen LogP) is 3.05. The van der Waals surface area contributed by atoms with Crippen LogP contribution in [0.2, 0.25) is 0 Å². The van der Waals surface area contributed by atoms with E-state index in [2.05, 4.69) is 24.9 Å². The van der Waals surface area contributed by atoms with Gasteiger partial charge in [-0.05, 0) is 25.0 Å². The van der Waals surface area contributed by atoms with Crippen LogP contribution in [0.3, 0.4) is 0 Å². The van der Waals surface area contributed by atoms with Crippen LogP contribution >= 0.6 is 0 Å². The Hall–Kier alpha value is -1.44. The first-order chi connectivity index (χ1) is 6.77. The zero-order chi connectivity index (χ0) is 10.1. The van der Waals surface area contributed by atoms with Crippen molar-refractivity contribution < 1.29 is 4.74 Å². The quantitative estimate of drug-likeness (QED) is 0.771. The molecule has 0 aliphatic heterocycles. The largest absolute Gasteiger partial charge is 0.495 e. The van der Waals surface area contributed by atoms with E-state index in [1.54, 1.807) is 7.11 Å². The Morgan fingerprint density at radius 3 is 2.79 bits per heavy atom. The van der Waals surface area contributed by atoms with Crippen LogP contribution in [0.1, 0.15) is 18.2 Å². The van der Waals surface area contributed by atoms with Gasteiger partial charge in [-0.2, -0.15) is 0 Å². The van der Waals surface area contributed by atoms with Gasteiger partial charge in [0.05, 0.1) is 12.6 Å². The summed E-state index contributed by atoms with van der Waals surface area (Å²) < 4.78 is 5.31. The first kappa shape index (κ1) is 9.13. The third kappa shape index (κ3) is 1.18. The Morgan fingerprint density at radius 2 is 2.14 bits per heavy atom. The number of ether oxygens (including phenoxy) is 1. The molecule has 1 aromatic heterocycles. The van der Waals surface area contributed by atoms with Crippen LogP contribution in [0.4, 0.5) is 0 Å². The number of hydrogen-bond acceptors (Lipinski definition) is 1. The molecule has 0 aliphatic rings. The van der Waals surface area contributed by atoms with Gasteiger partial charge in [-0.3, -0.25) is 0 Å². The van der Waals surface area contributed by atoms with Gasteiger partial charge in [-0.25, -0.2) is 0 Å². The Bertz CT molecular complexity index is 457. The third-order valence-corrected chi connectivity index (χ3v) is 2.69. The van der Waals surface area contributed by atoms with Crippen LogP contribution in [-0.4, -0.2) is 12.1 Å². The normalized spacial score (nSPS) is 10.8. The van der Waals surface area contributed by atoms with Crippen molar-refractivity contribution in [1.82, 2.24) is 4.98 Å². The zero-order valence-corrected chi connectivity index (χ0v) is 8.85. The molecule has 0 saturated carbocycles. The molecule has 0 unspecified atom stereocenters. The number of benzene rings is 1. The number of H-pyrrole nitrogens is 1. The molecule has 1 aromatic carbocycles. The number of fused-ring (bicyclic) bond motifs is 1. The van der Waals surface area contributed by atoms with Gasteiger partial charge in [0.2, 0.25) is 0 Å². The number of methoxy groups -OCH3 is 1. The molecule has 0 amide bonds. The minimum Gasteiger partial charge on any atom is -0.495 e. The van der Waals surface area contributed by atoms with Crippen LogP contribution in [0.15, 0.2) is 18.2 Å². The number of aryl methyl sites for hydroxylation is 2. The van der Waals surface area contributed by atoms with Gasteiger partial charge in [0.25, 0.3) is 0 Å². The number of para-hydroxylation sites is 1. The average Bonchev–Trinajstić information content (AvgIpc) is 2.52. The topological polar surface area (TPSA) is 25.0 Å². The van der Waals surface area contributed by atoms with Gasteiger partial charge in [-0.15, -0.1) is 0 Å². The predicted molar refractivity (Wildman–Crippen MR) is 59.0 cm³/mol. The minimum atomic E-state index is 0.922. The summed E-state index contributed by atoms with van der Waals surface area (Å²) in [6, 6.07) is 6.16. The van der Waals surface area contributed by atoms with E-state index in [1.807, 2.05) is 12.1 Å². The average molecular weight is 189 g/mol. The van der Waals surface area contributed by atoms with Gasteiger partial charge in [0.15, 0.2) is 0 Å². The monoisotopic (exact) mass is 189 g/mol. The molecule has 0 aliphatic carbocycles. The smallest absolute Gasteiger partial charge is 0.142 e. The van der Waals surface area contributed by atoms with Crippen molar-refractivity contribution in [3.63, 3.8) is 0 Å². The highest BCUT2D eigenvalue weighted by Crippen LogP contribution is 2.29. The third-order valence-electron chi connectivity index (χ3n) is 2.69. The van der Waals surface area contributed by atoms with Crippen LogP contribution in [0, 0.1) is 6.92 Å². The highest BCUT2D eigenvalue weighted by atomic mass is 16.5. The molecule has 0 saturated heterocycles. The van der Waals surface area contributed by atoms with E-state index in [-0.39, 0.29) is 0 Å². The summed E-state index contributed by atoms with van der Waals surface area (Å²) in [5.74, 6) is 0.922. The van der Waals surface area contributed by atoms with E-state index < -0.39 is 0 Å². The van der Waals surface area contributed by atoms with Crippen molar-refractivity contribution in [2.75, 3.05) is 7.11 Å². The van der Waals surface area contributed by atoms with Crippen molar-refractivity contribution >= 4 is 10.9 Å². The maximum Gasteiger partial charge on any atom is 0.142 e. The van der Waals surface area contributed by atoms with Gasteiger partial charge in [-0.1, -0.05) is 19.1 Å². The summed E-state index contributed by atoms with van der Waals surface area (Å²) in [6.07, 6.45) is 1.05. The van der Waals surface area contributed by atoms with E-state index in [1.165, 1.54) is 16.6 Å². The van der Waals surface area contributed by atoms with E-state index >= 15 is 0 Å². The number of hydrogen-bond donors (Lipinski definition) is 1. The van der Waals surface area contributed by atoms with E-state index in [0.29, 0.717) is 0 Å². The molecule has 0 fully saturated rings. The van der Waals surface area contributed by atoms with Crippen LogP contribution in [-0.2, 0) is 6.42 Å². The van der Waals surface area contributed by atoms with Gasteiger partial charge in [0, 0.05) is 11.1 Å². The minimum absolute atomic E-state index is 0.922. The molecule has 2 heteroatoms. The second kappa shape index (κ2) is 3.37. The molecular formula is C12H15NO. The van der Waals surface area contributed by atoms with Crippen molar-refractivity contribution in [2.24, 2.45) is 0 Å². The Kier molecular flexibility index (Phi) is 2.20. The lowest BCUT2D eigenvalue weighted by molar-refractivity contribution is 0.419. The molecule has 14 heavy (non-hydrogen) atoms. The van der Waals surface area contributed by atoms with Crippen LogP contribution in [0.25, 0.3) is 10.9 Å². The van der Waals surface area contributed by atoms with Gasteiger partial charge < -0.3 is 9.72 Å². The molecule has 2 nitrogen and oxygen atoms in total. The van der Waals surface area contributed by atoms with E-state index in [4.69, 9.17) is 4.74 Å². The summed E-state index contributed by atoms with van der Waals surface area (Å²) in [7, 11) is 1.70. The molecular weight excluding hydrogens is 174 g/mol. The molecule has 0 radical (unpaired) electrons. The molecule has 2 aromatic rings. The Balaban J connectivity index is 2.79. The summed E-state index contributed by atoms with van der Waals surface area (Å²) in [6.45, 7) is 4.29. The number of aromatic amines is 1. The molecule has 0 bridgehead atoms. The number of rotatable bonds is 2. The molecule has 0 spiro atoms. The van der Waals surface area contributed by atoms with Crippen molar-refractivity contribution in [1.29, 1.82) is 0 Å². The molecule has 2 rings (SSSR count). The van der Waals surface area contributed by atoms with Crippen molar-refractivity contribution in [3.05, 3.63) is 29.5 Å². The fourth-order valence-electron chi connectivity index (χ4n) is 2.00. The summed E-state index contributed by atoms with van der Waals surface area (Å²) >= 11 is 0. The zero-order valence-electron chi connectivity index (χ0n) is 8.85. The van der Waals surface area contributed by atoms with E-state index in [9.17, 15) is 0 Å². The second-order valence-corrected chi connectivity index (χ2v) is 3.46. The first-order valence-corrected chi connectivity index (χ1v) is 4.92. The lowest BCUT2D eigenvalue weighted by atomic mass is 10.1. The lowest BCUT2D eigenvalue weighted by Gasteiger charge is -2.00. The maximum absolute atomic E-state index is 5.31. The standard InChI is InChI=1S/C12H15NO/c1-4-9-8(2)13-12-10(9)6-5-7-11(12)14-3/h5-7,13H,4H2,1-3H3. The van der Waals surface area contributed by atoms with Crippen molar-refractivity contribution in [2.45, 2.75) is 20.3 Å². The summed E-state index contributed by atoms with van der Waals surface area (Å²) in [5, 5.41) is 1.28. The number of aromatic nitrogens is 1. The lowest BCUT2D eigenvalue weighted by Crippen LogP contribution is -1.83. The Morgan fingerprint density at radius 1 is 1.36 bits per heavy atom. The fourth-order valence-corrected chi connectivity index (χ4v) is 2.00. The van der Waals surface area contributed by atoms with Crippen LogP contribution in [0.5, 0.6) is 5.75 Å². The fraction of sp³-hybridized carbons (Fsp3) is 0.333. The van der Waals surface area contributed by atoms with Gasteiger partial charge in [0.1, 0.15) is 5.75 Å². The van der Waals surface area contributed by atoms with Crippen molar-refractivity contribution in [3.8, 4) is 5.75 Å². The van der Waals surface area contributed by atoms with Gasteiger partial charge >= 0.3 is 0 Å². The van der Waals surface area contributed by atoms with Crippen LogP contribution < -0.4 is 4.74 Å². The molecule has 74 valence electrons. The maximum atomic E-state index is 5.31. The highest BCUT2D eigenvalue weighted by Gasteiger charge is 2.09. The molecule has 1 heterocycles. The molecule has 0 atom stereocenters.